The third-order valence-corrected chi connectivity index (χ3v) is 6.52. The molecule has 0 amide bonds. The minimum Gasteiger partial charge on any atom is -0.381 e. The highest BCUT2D eigenvalue weighted by Gasteiger charge is 2.40. The summed E-state index contributed by atoms with van der Waals surface area (Å²) in [5, 5.41) is 7.22. The fourth-order valence-electron chi connectivity index (χ4n) is 3.69. The fraction of sp³-hybridized carbons (Fsp3) is 0.579. The van der Waals surface area contributed by atoms with Gasteiger partial charge in [0, 0.05) is 31.9 Å². The molecule has 0 atom stereocenters. The Morgan fingerprint density at radius 1 is 1.32 bits per heavy atom. The van der Waals surface area contributed by atoms with Crippen LogP contribution in [0.25, 0.3) is 0 Å². The van der Waals surface area contributed by atoms with Gasteiger partial charge in [-0.25, -0.2) is 17.8 Å². The highest BCUT2D eigenvalue weighted by atomic mass is 32.2. The predicted octanol–water partition coefficient (Wildman–Crippen LogP) is 2.52. The van der Waals surface area contributed by atoms with Gasteiger partial charge in [-0.15, -0.1) is 0 Å². The molecule has 3 rings (SSSR count). The number of ether oxygens (including phenoxy) is 1. The van der Waals surface area contributed by atoms with Crippen molar-refractivity contribution in [1.82, 2.24) is 19.5 Å². The molecule has 1 fully saturated rings. The van der Waals surface area contributed by atoms with Gasteiger partial charge >= 0.3 is 0 Å². The number of H-pyrrole nitrogens is 1. The molecular formula is C19H27FN4O3S. The number of nitrogens with one attached hydrogen (secondary N) is 1. The summed E-state index contributed by atoms with van der Waals surface area (Å²) in [4.78, 5) is 4.51. The summed E-state index contributed by atoms with van der Waals surface area (Å²) in [6.45, 7) is 5.21. The first-order valence-corrected chi connectivity index (χ1v) is 11.3. The SMILES string of the molecule is CCCN(Cc1ccc(C2(c3n[nH]c(C)n3)CCOCC2)cc1F)S(C)(=O)=O. The monoisotopic (exact) mass is 410 g/mol. The van der Waals surface area contributed by atoms with Gasteiger partial charge in [-0.2, -0.15) is 9.40 Å². The van der Waals surface area contributed by atoms with Gasteiger partial charge < -0.3 is 4.74 Å². The topological polar surface area (TPSA) is 88.2 Å². The van der Waals surface area contributed by atoms with Crippen molar-refractivity contribution >= 4 is 10.0 Å². The zero-order valence-electron chi connectivity index (χ0n) is 16.5. The van der Waals surface area contributed by atoms with Crippen molar-refractivity contribution in [3.8, 4) is 0 Å². The molecule has 1 saturated heterocycles. The number of rotatable bonds is 7. The molecule has 1 aromatic carbocycles. The molecule has 1 aliphatic heterocycles. The maximum Gasteiger partial charge on any atom is 0.211 e. The van der Waals surface area contributed by atoms with E-state index in [9.17, 15) is 12.8 Å². The Morgan fingerprint density at radius 2 is 2.04 bits per heavy atom. The molecule has 7 nitrogen and oxygen atoms in total. The van der Waals surface area contributed by atoms with E-state index >= 15 is 0 Å². The van der Waals surface area contributed by atoms with Crippen LogP contribution >= 0.6 is 0 Å². The minimum absolute atomic E-state index is 0.0225. The van der Waals surface area contributed by atoms with Gasteiger partial charge in [-0.05, 0) is 37.8 Å². The van der Waals surface area contributed by atoms with E-state index in [1.165, 1.54) is 10.4 Å². The van der Waals surface area contributed by atoms with Crippen molar-refractivity contribution < 1.29 is 17.5 Å². The Kier molecular flexibility index (Phi) is 6.16. The molecule has 1 aromatic heterocycles. The van der Waals surface area contributed by atoms with Crippen LogP contribution < -0.4 is 0 Å². The van der Waals surface area contributed by atoms with Crippen molar-refractivity contribution in [1.29, 1.82) is 0 Å². The second-order valence-corrected chi connectivity index (χ2v) is 9.32. The van der Waals surface area contributed by atoms with Crippen LogP contribution in [0.1, 0.15) is 49.0 Å². The van der Waals surface area contributed by atoms with E-state index in [-0.39, 0.29) is 6.54 Å². The molecule has 0 saturated carbocycles. The van der Waals surface area contributed by atoms with Gasteiger partial charge in [0.05, 0.1) is 11.7 Å². The van der Waals surface area contributed by atoms with Gasteiger partial charge in [0.1, 0.15) is 11.6 Å². The summed E-state index contributed by atoms with van der Waals surface area (Å²) in [7, 11) is -3.40. The summed E-state index contributed by atoms with van der Waals surface area (Å²) < 4.78 is 45.7. The van der Waals surface area contributed by atoms with Gasteiger partial charge in [-0.1, -0.05) is 19.1 Å². The maximum absolute atomic E-state index is 15.0. The van der Waals surface area contributed by atoms with Crippen molar-refractivity contribution in [3.05, 3.63) is 46.8 Å². The summed E-state index contributed by atoms with van der Waals surface area (Å²) in [5.41, 5.74) is 0.635. The standard InChI is InChI=1S/C19H27FN4O3S/c1-4-9-24(28(3,25)26)13-15-5-6-16(12-17(15)20)19(7-10-27-11-8-19)18-21-14(2)22-23-18/h5-6,12H,4,7-11,13H2,1-3H3,(H,21,22,23). The number of benzene rings is 1. The molecule has 9 heteroatoms. The van der Waals surface area contributed by atoms with Gasteiger partial charge in [0.15, 0.2) is 5.82 Å². The highest BCUT2D eigenvalue weighted by Crippen LogP contribution is 2.40. The van der Waals surface area contributed by atoms with Crippen LogP contribution in [0.2, 0.25) is 0 Å². The number of aromatic amines is 1. The summed E-state index contributed by atoms with van der Waals surface area (Å²) in [5.74, 6) is 0.936. The molecular weight excluding hydrogens is 383 g/mol. The molecule has 154 valence electrons. The smallest absolute Gasteiger partial charge is 0.211 e. The van der Waals surface area contributed by atoms with E-state index in [1.54, 1.807) is 6.07 Å². The molecule has 1 aliphatic rings. The first kappa shape index (κ1) is 20.9. The average Bonchev–Trinajstić information content (AvgIpc) is 3.09. The Balaban J connectivity index is 1.95. The number of nitrogens with zero attached hydrogens (tertiary/aromatic N) is 3. The third-order valence-electron chi connectivity index (χ3n) is 5.27. The molecule has 28 heavy (non-hydrogen) atoms. The largest absolute Gasteiger partial charge is 0.381 e. The number of aromatic nitrogens is 3. The Labute approximate surface area is 165 Å². The van der Waals surface area contributed by atoms with Crippen LogP contribution in [-0.4, -0.2) is 53.9 Å². The van der Waals surface area contributed by atoms with E-state index in [0.29, 0.717) is 56.2 Å². The molecule has 0 spiro atoms. The van der Waals surface area contributed by atoms with Crippen molar-refractivity contribution in [2.45, 2.75) is 45.1 Å². The lowest BCUT2D eigenvalue weighted by atomic mass is 9.73. The average molecular weight is 411 g/mol. The number of halogens is 1. The van der Waals surface area contributed by atoms with E-state index < -0.39 is 21.3 Å². The normalized spacial score (nSPS) is 17.2. The van der Waals surface area contributed by atoms with Crippen LogP contribution in [0.5, 0.6) is 0 Å². The van der Waals surface area contributed by atoms with E-state index in [0.717, 1.165) is 11.8 Å². The lowest BCUT2D eigenvalue weighted by molar-refractivity contribution is 0.0604. The molecule has 1 N–H and O–H groups in total. The minimum atomic E-state index is -3.40. The van der Waals surface area contributed by atoms with E-state index in [1.807, 2.05) is 19.9 Å². The van der Waals surface area contributed by atoms with Crippen LogP contribution in [0.4, 0.5) is 4.39 Å². The van der Waals surface area contributed by atoms with Crippen LogP contribution in [-0.2, 0) is 26.7 Å². The predicted molar refractivity (Wildman–Crippen MR) is 104 cm³/mol. The number of aryl methyl sites for hydroxylation is 1. The first-order valence-electron chi connectivity index (χ1n) is 9.47. The second-order valence-electron chi connectivity index (χ2n) is 7.34. The van der Waals surface area contributed by atoms with E-state index in [2.05, 4.69) is 15.2 Å². The van der Waals surface area contributed by atoms with Crippen LogP contribution in [0, 0.1) is 12.7 Å². The zero-order chi connectivity index (χ0) is 20.4. The first-order chi connectivity index (χ1) is 13.3. The van der Waals surface area contributed by atoms with Crippen molar-refractivity contribution in [2.24, 2.45) is 0 Å². The molecule has 0 aliphatic carbocycles. The fourth-order valence-corrected chi connectivity index (χ4v) is 4.58. The second kappa shape index (κ2) is 8.26. The summed E-state index contributed by atoms with van der Waals surface area (Å²) in [6, 6.07) is 5.04. The number of hydrogen-bond donors (Lipinski definition) is 1. The summed E-state index contributed by atoms with van der Waals surface area (Å²) >= 11 is 0. The van der Waals surface area contributed by atoms with Crippen LogP contribution in [0.15, 0.2) is 18.2 Å². The molecule has 2 aromatic rings. The quantitative estimate of drug-likeness (QED) is 0.758. The summed E-state index contributed by atoms with van der Waals surface area (Å²) in [6.07, 6.45) is 3.14. The lowest BCUT2D eigenvalue weighted by Crippen LogP contribution is -2.36. The Morgan fingerprint density at radius 3 is 2.57 bits per heavy atom. The molecule has 2 heterocycles. The lowest BCUT2D eigenvalue weighted by Gasteiger charge is -2.35. The van der Waals surface area contributed by atoms with Crippen molar-refractivity contribution in [2.75, 3.05) is 26.0 Å². The number of sulfonamides is 1. The molecule has 0 radical (unpaired) electrons. The van der Waals surface area contributed by atoms with Gasteiger partial charge in [0.2, 0.25) is 10.0 Å². The molecule has 0 bridgehead atoms. The third kappa shape index (κ3) is 4.26. The Bertz CT molecular complexity index is 923. The van der Waals surface area contributed by atoms with Gasteiger partial charge in [-0.3, -0.25) is 5.10 Å². The number of hydrogen-bond acceptors (Lipinski definition) is 5. The Hall–Kier alpha value is -1.84. The molecule has 0 unspecified atom stereocenters. The highest BCUT2D eigenvalue weighted by molar-refractivity contribution is 7.88. The van der Waals surface area contributed by atoms with Crippen LogP contribution in [0.3, 0.4) is 0 Å². The van der Waals surface area contributed by atoms with E-state index in [4.69, 9.17) is 4.74 Å². The van der Waals surface area contributed by atoms with Gasteiger partial charge in [0.25, 0.3) is 0 Å². The maximum atomic E-state index is 15.0. The zero-order valence-corrected chi connectivity index (χ0v) is 17.4. The van der Waals surface area contributed by atoms with Crippen molar-refractivity contribution in [3.63, 3.8) is 0 Å².